The van der Waals surface area contributed by atoms with Gasteiger partial charge in [-0.3, -0.25) is 0 Å². The van der Waals surface area contributed by atoms with Gasteiger partial charge in [-0.05, 0) is 30.3 Å². The van der Waals surface area contributed by atoms with Crippen LogP contribution >= 0.6 is 0 Å². The van der Waals surface area contributed by atoms with Gasteiger partial charge in [-0.15, -0.1) is 0 Å². The minimum absolute atomic E-state index is 0.0394. The molecule has 0 aliphatic rings. The minimum Gasteiger partial charge on any atom is -0.436 e. The molecule has 1 heterocycles. The standard InChI is InChI=1S/C13H13FN2O3S/c1-20(17,18)11-4-2-10(3-5-11)19-13-12(14)9(8-15)6-7-16-13/h2-7H,8,15H2,1H3. The molecule has 0 amide bonds. The summed E-state index contributed by atoms with van der Waals surface area (Å²) in [5, 5.41) is 0. The number of pyridine rings is 1. The van der Waals surface area contributed by atoms with E-state index in [2.05, 4.69) is 4.98 Å². The monoisotopic (exact) mass is 296 g/mol. The van der Waals surface area contributed by atoms with E-state index < -0.39 is 15.7 Å². The summed E-state index contributed by atoms with van der Waals surface area (Å²) in [7, 11) is -3.27. The molecule has 0 saturated heterocycles. The predicted molar refractivity (Wildman–Crippen MR) is 71.7 cm³/mol. The van der Waals surface area contributed by atoms with Gasteiger partial charge in [0.2, 0.25) is 0 Å². The van der Waals surface area contributed by atoms with Crippen molar-refractivity contribution < 1.29 is 17.5 Å². The van der Waals surface area contributed by atoms with Crippen LogP contribution in [-0.4, -0.2) is 19.7 Å². The van der Waals surface area contributed by atoms with Gasteiger partial charge < -0.3 is 10.5 Å². The second kappa shape index (κ2) is 5.56. The zero-order valence-electron chi connectivity index (χ0n) is 10.7. The topological polar surface area (TPSA) is 82.3 Å². The van der Waals surface area contributed by atoms with Crippen LogP contribution in [0.1, 0.15) is 5.56 Å². The number of ether oxygens (including phenoxy) is 1. The van der Waals surface area contributed by atoms with Gasteiger partial charge in [0, 0.05) is 24.6 Å². The molecule has 0 unspecified atom stereocenters. The maximum atomic E-state index is 13.9. The molecule has 1 aromatic heterocycles. The molecular weight excluding hydrogens is 283 g/mol. The summed E-state index contributed by atoms with van der Waals surface area (Å²) in [5.41, 5.74) is 5.68. The van der Waals surface area contributed by atoms with Crippen molar-refractivity contribution in [2.45, 2.75) is 11.4 Å². The number of benzene rings is 1. The molecule has 0 bridgehead atoms. The number of halogens is 1. The van der Waals surface area contributed by atoms with Crippen LogP contribution in [0.3, 0.4) is 0 Å². The fraction of sp³-hybridized carbons (Fsp3) is 0.154. The Bertz CT molecular complexity index is 715. The fourth-order valence-corrected chi connectivity index (χ4v) is 2.19. The van der Waals surface area contributed by atoms with Gasteiger partial charge in [-0.2, -0.15) is 0 Å². The summed E-state index contributed by atoms with van der Waals surface area (Å²) in [6.07, 6.45) is 2.50. The molecule has 1 aromatic carbocycles. The van der Waals surface area contributed by atoms with Gasteiger partial charge in [0.1, 0.15) is 5.75 Å². The van der Waals surface area contributed by atoms with E-state index in [0.717, 1.165) is 6.26 Å². The first kappa shape index (κ1) is 14.4. The van der Waals surface area contributed by atoms with E-state index in [4.69, 9.17) is 10.5 Å². The van der Waals surface area contributed by atoms with Crippen molar-refractivity contribution in [1.82, 2.24) is 4.98 Å². The van der Waals surface area contributed by atoms with Crippen LogP contribution in [0.25, 0.3) is 0 Å². The predicted octanol–water partition coefficient (Wildman–Crippen LogP) is 1.88. The Labute approximate surface area is 116 Å². The summed E-state index contributed by atoms with van der Waals surface area (Å²) in [4.78, 5) is 3.94. The Hall–Kier alpha value is -1.99. The normalized spacial score (nSPS) is 11.3. The lowest BCUT2D eigenvalue weighted by Crippen LogP contribution is -2.02. The van der Waals surface area contributed by atoms with E-state index in [0.29, 0.717) is 5.56 Å². The maximum Gasteiger partial charge on any atom is 0.256 e. The average Bonchev–Trinajstić information content (AvgIpc) is 2.41. The van der Waals surface area contributed by atoms with Crippen molar-refractivity contribution in [3.05, 3.63) is 47.9 Å². The molecule has 0 saturated carbocycles. The molecule has 2 N–H and O–H groups in total. The third-order valence-electron chi connectivity index (χ3n) is 2.62. The first-order valence-corrected chi connectivity index (χ1v) is 7.62. The highest BCUT2D eigenvalue weighted by molar-refractivity contribution is 7.90. The second-order valence-corrected chi connectivity index (χ2v) is 6.15. The van der Waals surface area contributed by atoms with Crippen LogP contribution in [0.15, 0.2) is 41.4 Å². The van der Waals surface area contributed by atoms with E-state index in [1.165, 1.54) is 36.5 Å². The van der Waals surface area contributed by atoms with Crippen molar-refractivity contribution in [3.8, 4) is 11.6 Å². The number of aromatic nitrogens is 1. The quantitative estimate of drug-likeness (QED) is 0.931. The third kappa shape index (κ3) is 3.12. The highest BCUT2D eigenvalue weighted by Crippen LogP contribution is 2.24. The van der Waals surface area contributed by atoms with Gasteiger partial charge in [0.05, 0.1) is 4.90 Å². The highest BCUT2D eigenvalue weighted by atomic mass is 32.2. The number of nitrogens with zero attached hydrogens (tertiary/aromatic N) is 1. The van der Waals surface area contributed by atoms with E-state index in [-0.39, 0.29) is 23.1 Å². The molecular formula is C13H13FN2O3S. The molecule has 2 rings (SSSR count). The molecule has 0 aliphatic heterocycles. The number of sulfone groups is 1. The average molecular weight is 296 g/mol. The number of hydrogen-bond acceptors (Lipinski definition) is 5. The smallest absolute Gasteiger partial charge is 0.256 e. The molecule has 2 aromatic rings. The zero-order chi connectivity index (χ0) is 14.8. The Morgan fingerprint density at radius 2 is 1.90 bits per heavy atom. The van der Waals surface area contributed by atoms with E-state index in [1.54, 1.807) is 0 Å². The van der Waals surface area contributed by atoms with Gasteiger partial charge in [0.25, 0.3) is 5.88 Å². The Morgan fingerprint density at radius 3 is 2.45 bits per heavy atom. The molecule has 7 heteroatoms. The molecule has 0 aliphatic carbocycles. The summed E-state index contributed by atoms with van der Waals surface area (Å²) in [6.45, 7) is 0.0394. The lowest BCUT2D eigenvalue weighted by atomic mass is 10.2. The largest absolute Gasteiger partial charge is 0.436 e. The summed E-state index contributed by atoms with van der Waals surface area (Å²) in [6, 6.07) is 7.11. The van der Waals surface area contributed by atoms with Gasteiger partial charge in [-0.25, -0.2) is 17.8 Å². The summed E-state index contributed by atoms with van der Waals surface area (Å²) < 4.78 is 41.8. The number of hydrogen-bond donors (Lipinski definition) is 1. The van der Waals surface area contributed by atoms with Crippen LogP contribution in [0.5, 0.6) is 11.6 Å². The Morgan fingerprint density at radius 1 is 1.25 bits per heavy atom. The van der Waals surface area contributed by atoms with E-state index in [9.17, 15) is 12.8 Å². The minimum atomic E-state index is -3.27. The summed E-state index contributed by atoms with van der Waals surface area (Å²) in [5.74, 6) is -0.528. The van der Waals surface area contributed by atoms with Crippen molar-refractivity contribution in [3.63, 3.8) is 0 Å². The Kier molecular flexibility index (Phi) is 4.01. The third-order valence-corrected chi connectivity index (χ3v) is 3.75. The van der Waals surface area contributed by atoms with Crippen LogP contribution < -0.4 is 10.5 Å². The highest BCUT2D eigenvalue weighted by Gasteiger charge is 2.11. The van der Waals surface area contributed by atoms with Gasteiger partial charge in [-0.1, -0.05) is 0 Å². The molecule has 20 heavy (non-hydrogen) atoms. The molecule has 0 atom stereocenters. The number of nitrogens with two attached hydrogens (primary N) is 1. The number of rotatable bonds is 4. The first-order valence-electron chi connectivity index (χ1n) is 5.73. The maximum absolute atomic E-state index is 13.9. The molecule has 106 valence electrons. The Balaban J connectivity index is 2.27. The van der Waals surface area contributed by atoms with Crippen molar-refractivity contribution in [2.75, 3.05) is 6.26 Å². The fourth-order valence-electron chi connectivity index (χ4n) is 1.56. The van der Waals surface area contributed by atoms with Crippen LogP contribution in [0, 0.1) is 5.82 Å². The van der Waals surface area contributed by atoms with Crippen LogP contribution in [-0.2, 0) is 16.4 Å². The molecule has 0 spiro atoms. The van der Waals surface area contributed by atoms with Crippen molar-refractivity contribution >= 4 is 9.84 Å². The zero-order valence-corrected chi connectivity index (χ0v) is 11.5. The lowest BCUT2D eigenvalue weighted by molar-refractivity contribution is 0.419. The lowest BCUT2D eigenvalue weighted by Gasteiger charge is -2.08. The SMILES string of the molecule is CS(=O)(=O)c1ccc(Oc2nccc(CN)c2F)cc1. The van der Waals surface area contributed by atoms with Crippen molar-refractivity contribution in [1.29, 1.82) is 0 Å². The van der Waals surface area contributed by atoms with E-state index >= 15 is 0 Å². The van der Waals surface area contributed by atoms with Crippen LogP contribution in [0.2, 0.25) is 0 Å². The van der Waals surface area contributed by atoms with Crippen LogP contribution in [0.4, 0.5) is 4.39 Å². The summed E-state index contributed by atoms with van der Waals surface area (Å²) >= 11 is 0. The van der Waals surface area contributed by atoms with Gasteiger partial charge in [0.15, 0.2) is 15.7 Å². The second-order valence-electron chi connectivity index (χ2n) is 4.14. The van der Waals surface area contributed by atoms with Gasteiger partial charge >= 0.3 is 0 Å². The molecule has 0 fully saturated rings. The molecule has 5 nitrogen and oxygen atoms in total. The first-order chi connectivity index (χ1) is 9.41. The molecule has 0 radical (unpaired) electrons. The van der Waals surface area contributed by atoms with Crippen molar-refractivity contribution in [2.24, 2.45) is 5.73 Å². The van der Waals surface area contributed by atoms with E-state index in [1.807, 2.05) is 0 Å².